The Morgan fingerprint density at radius 1 is 0.600 bits per heavy atom. The number of carbonyl (C=O) groups is 4. The molecule has 2 aliphatic heterocycles. The standard InChI is InChI=1S/C17H6F2O6/c18-17(19,7-1-3-9-11(5-7)15(22)24-13(9)20)8-2-4-10-12(6-8)16(23)25-14(10)21/h1-6H. The minimum Gasteiger partial charge on any atom is -0.386 e. The first-order valence-corrected chi connectivity index (χ1v) is 6.99. The zero-order valence-corrected chi connectivity index (χ0v) is 12.2. The summed E-state index contributed by atoms with van der Waals surface area (Å²) in [4.78, 5) is 45.9. The van der Waals surface area contributed by atoms with Gasteiger partial charge >= 0.3 is 23.9 Å². The van der Waals surface area contributed by atoms with Gasteiger partial charge in [-0.2, -0.15) is 8.78 Å². The van der Waals surface area contributed by atoms with Crippen LogP contribution in [0, 0.1) is 0 Å². The number of ether oxygens (including phenoxy) is 2. The van der Waals surface area contributed by atoms with E-state index >= 15 is 0 Å². The fourth-order valence-corrected chi connectivity index (χ4v) is 2.73. The molecule has 2 aromatic carbocycles. The van der Waals surface area contributed by atoms with Gasteiger partial charge < -0.3 is 9.47 Å². The fraction of sp³-hybridized carbons (Fsp3) is 0.0588. The molecule has 0 N–H and O–H groups in total. The molecule has 0 saturated heterocycles. The molecule has 124 valence electrons. The second kappa shape index (κ2) is 4.79. The molecule has 0 unspecified atom stereocenters. The molecule has 0 saturated carbocycles. The van der Waals surface area contributed by atoms with Crippen molar-refractivity contribution in [1.82, 2.24) is 0 Å². The van der Waals surface area contributed by atoms with E-state index in [-0.39, 0.29) is 22.3 Å². The third kappa shape index (κ3) is 2.07. The first kappa shape index (κ1) is 15.1. The lowest BCUT2D eigenvalue weighted by molar-refractivity contribution is 0.0425. The normalized spacial score (nSPS) is 15.8. The van der Waals surface area contributed by atoms with Crippen LogP contribution in [-0.2, 0) is 15.4 Å². The van der Waals surface area contributed by atoms with E-state index in [4.69, 9.17) is 0 Å². The summed E-state index contributed by atoms with van der Waals surface area (Å²) in [5.41, 5.74) is -1.80. The Balaban J connectivity index is 1.81. The Morgan fingerprint density at radius 3 is 1.36 bits per heavy atom. The minimum absolute atomic E-state index is 0.0901. The molecule has 0 bridgehead atoms. The van der Waals surface area contributed by atoms with Crippen molar-refractivity contribution in [3.63, 3.8) is 0 Å². The van der Waals surface area contributed by atoms with E-state index in [1.54, 1.807) is 0 Å². The molecular weight excluding hydrogens is 338 g/mol. The van der Waals surface area contributed by atoms with Crippen LogP contribution in [0.15, 0.2) is 36.4 Å². The molecule has 0 aromatic heterocycles. The molecule has 8 heteroatoms. The van der Waals surface area contributed by atoms with Gasteiger partial charge in [-0.25, -0.2) is 19.2 Å². The van der Waals surface area contributed by atoms with Gasteiger partial charge in [-0.05, 0) is 24.3 Å². The number of halogens is 2. The smallest absolute Gasteiger partial charge is 0.346 e. The number of esters is 4. The van der Waals surface area contributed by atoms with E-state index < -0.39 is 40.9 Å². The number of benzene rings is 2. The van der Waals surface area contributed by atoms with Gasteiger partial charge in [0.25, 0.3) is 5.92 Å². The van der Waals surface area contributed by atoms with E-state index in [0.717, 1.165) is 36.4 Å². The van der Waals surface area contributed by atoms with E-state index in [0.29, 0.717) is 0 Å². The maximum Gasteiger partial charge on any atom is 0.346 e. The summed E-state index contributed by atoms with van der Waals surface area (Å²) >= 11 is 0. The first-order valence-electron chi connectivity index (χ1n) is 6.99. The van der Waals surface area contributed by atoms with E-state index in [9.17, 15) is 28.0 Å². The van der Waals surface area contributed by atoms with Crippen molar-refractivity contribution in [2.75, 3.05) is 0 Å². The highest BCUT2D eigenvalue weighted by Crippen LogP contribution is 2.39. The molecule has 6 nitrogen and oxygen atoms in total. The molecule has 0 spiro atoms. The van der Waals surface area contributed by atoms with Gasteiger partial charge in [0.05, 0.1) is 22.3 Å². The van der Waals surface area contributed by atoms with Gasteiger partial charge in [0.15, 0.2) is 0 Å². The Hall–Kier alpha value is -3.42. The van der Waals surface area contributed by atoms with Crippen molar-refractivity contribution in [2.45, 2.75) is 5.92 Å². The molecule has 25 heavy (non-hydrogen) atoms. The molecule has 0 fully saturated rings. The summed E-state index contributed by atoms with van der Waals surface area (Å²) < 4.78 is 38.3. The number of rotatable bonds is 2. The van der Waals surface area contributed by atoms with Crippen LogP contribution in [0.1, 0.15) is 52.6 Å². The molecule has 4 rings (SSSR count). The summed E-state index contributed by atoms with van der Waals surface area (Å²) in [6.07, 6.45) is 0. The molecule has 2 aliphatic rings. The lowest BCUT2D eigenvalue weighted by atomic mass is 9.94. The van der Waals surface area contributed by atoms with Crippen molar-refractivity contribution in [3.8, 4) is 0 Å². The predicted octanol–water partition coefficient (Wildman–Crippen LogP) is 2.45. The third-order valence-electron chi connectivity index (χ3n) is 4.01. The van der Waals surface area contributed by atoms with Crippen molar-refractivity contribution in [2.24, 2.45) is 0 Å². The van der Waals surface area contributed by atoms with Gasteiger partial charge in [-0.15, -0.1) is 0 Å². The summed E-state index contributed by atoms with van der Waals surface area (Å²) in [5.74, 6) is -7.37. The fourth-order valence-electron chi connectivity index (χ4n) is 2.73. The summed E-state index contributed by atoms with van der Waals surface area (Å²) in [6, 6.07) is 5.90. The lowest BCUT2D eigenvalue weighted by Gasteiger charge is -2.18. The number of fused-ring (bicyclic) bond motifs is 2. The topological polar surface area (TPSA) is 86.7 Å². The predicted molar refractivity (Wildman–Crippen MR) is 75.4 cm³/mol. The monoisotopic (exact) mass is 344 g/mol. The Morgan fingerprint density at radius 2 is 0.960 bits per heavy atom. The second-order valence-electron chi connectivity index (χ2n) is 5.45. The van der Waals surface area contributed by atoms with Crippen LogP contribution in [0.3, 0.4) is 0 Å². The number of carbonyl (C=O) groups excluding carboxylic acids is 4. The number of cyclic esters (lactones) is 4. The highest BCUT2D eigenvalue weighted by atomic mass is 19.3. The van der Waals surface area contributed by atoms with Crippen LogP contribution >= 0.6 is 0 Å². The van der Waals surface area contributed by atoms with E-state index in [2.05, 4.69) is 9.47 Å². The molecule has 2 heterocycles. The minimum atomic E-state index is -3.58. The van der Waals surface area contributed by atoms with Crippen LogP contribution in [0.25, 0.3) is 0 Å². The molecule has 2 aromatic rings. The van der Waals surface area contributed by atoms with Crippen LogP contribution < -0.4 is 0 Å². The number of hydrogen-bond donors (Lipinski definition) is 0. The van der Waals surface area contributed by atoms with Gasteiger partial charge in [0.1, 0.15) is 0 Å². The average Bonchev–Trinajstić information content (AvgIpc) is 3.03. The van der Waals surface area contributed by atoms with Gasteiger partial charge in [0, 0.05) is 11.1 Å². The van der Waals surface area contributed by atoms with Crippen LogP contribution in [0.2, 0.25) is 0 Å². The Labute approximate surface area is 138 Å². The lowest BCUT2D eigenvalue weighted by Crippen LogP contribution is -2.17. The van der Waals surface area contributed by atoms with Crippen molar-refractivity contribution in [3.05, 3.63) is 69.8 Å². The number of hydrogen-bond acceptors (Lipinski definition) is 6. The van der Waals surface area contributed by atoms with Crippen LogP contribution in [-0.4, -0.2) is 23.9 Å². The highest BCUT2D eigenvalue weighted by Gasteiger charge is 2.40. The zero-order chi connectivity index (χ0) is 17.9. The average molecular weight is 344 g/mol. The summed E-state index contributed by atoms with van der Waals surface area (Å²) in [7, 11) is 0. The maximum atomic E-state index is 14.8. The first-order chi connectivity index (χ1) is 11.8. The van der Waals surface area contributed by atoms with Crippen molar-refractivity contribution < 1.29 is 37.4 Å². The van der Waals surface area contributed by atoms with Gasteiger partial charge in [-0.3, -0.25) is 0 Å². The highest BCUT2D eigenvalue weighted by molar-refractivity contribution is 6.15. The van der Waals surface area contributed by atoms with Gasteiger partial charge in [0.2, 0.25) is 0 Å². The third-order valence-corrected chi connectivity index (χ3v) is 4.01. The van der Waals surface area contributed by atoms with Crippen LogP contribution in [0.4, 0.5) is 8.78 Å². The SMILES string of the molecule is O=C1OC(=O)c2cc(C(F)(F)c3ccc4c(c3)C(=O)OC4=O)ccc21. The Bertz CT molecular complexity index is 929. The number of alkyl halides is 2. The summed E-state index contributed by atoms with van der Waals surface area (Å²) in [6.45, 7) is 0. The quantitative estimate of drug-likeness (QED) is 0.614. The van der Waals surface area contributed by atoms with Crippen LogP contribution in [0.5, 0.6) is 0 Å². The van der Waals surface area contributed by atoms with Gasteiger partial charge in [-0.1, -0.05) is 12.1 Å². The van der Waals surface area contributed by atoms with Crippen molar-refractivity contribution >= 4 is 23.9 Å². The summed E-state index contributed by atoms with van der Waals surface area (Å²) in [5, 5.41) is 0. The largest absolute Gasteiger partial charge is 0.386 e. The van der Waals surface area contributed by atoms with E-state index in [1.807, 2.05) is 0 Å². The second-order valence-corrected chi connectivity index (χ2v) is 5.45. The maximum absolute atomic E-state index is 14.8. The van der Waals surface area contributed by atoms with E-state index in [1.165, 1.54) is 0 Å². The zero-order valence-electron chi connectivity index (χ0n) is 12.2. The molecule has 0 atom stereocenters. The molecular formula is C17H6F2O6. The Kier molecular flexibility index (Phi) is 2.90. The molecule has 0 amide bonds. The molecule has 0 radical (unpaired) electrons. The van der Waals surface area contributed by atoms with Crippen molar-refractivity contribution in [1.29, 1.82) is 0 Å². The molecule has 0 aliphatic carbocycles.